The third-order valence-electron chi connectivity index (χ3n) is 3.24. The van der Waals surface area contributed by atoms with Gasteiger partial charge in [0.25, 0.3) is 0 Å². The molecule has 0 fully saturated rings. The summed E-state index contributed by atoms with van der Waals surface area (Å²) in [6, 6.07) is 5.23. The molecule has 1 aromatic carbocycles. The Morgan fingerprint density at radius 1 is 1.35 bits per heavy atom. The van der Waals surface area contributed by atoms with Crippen LogP contribution in [0.3, 0.4) is 0 Å². The Balaban J connectivity index is 1.99. The Morgan fingerprint density at radius 3 is 2.80 bits per heavy atom. The summed E-state index contributed by atoms with van der Waals surface area (Å²) in [6.45, 7) is 3.80. The molecular formula is C15H21NO4. The summed E-state index contributed by atoms with van der Waals surface area (Å²) in [4.78, 5) is 11.1. The fourth-order valence-electron chi connectivity index (χ4n) is 2.16. The predicted molar refractivity (Wildman–Crippen MR) is 75.2 cm³/mol. The highest BCUT2D eigenvalue weighted by atomic mass is 16.5. The van der Waals surface area contributed by atoms with Gasteiger partial charge in [0.05, 0.1) is 13.2 Å². The van der Waals surface area contributed by atoms with E-state index in [-0.39, 0.29) is 0 Å². The van der Waals surface area contributed by atoms with Crippen molar-refractivity contribution < 1.29 is 19.4 Å². The van der Waals surface area contributed by atoms with Crippen LogP contribution in [0.25, 0.3) is 0 Å². The van der Waals surface area contributed by atoms with E-state index < -0.39 is 12.0 Å². The Kier molecular flexibility index (Phi) is 5.24. The Bertz CT molecular complexity index is 461. The normalized spacial score (nSPS) is 15.4. The third kappa shape index (κ3) is 3.87. The van der Waals surface area contributed by atoms with Gasteiger partial charge in [-0.2, -0.15) is 0 Å². The number of carboxylic acids is 1. The summed E-state index contributed by atoms with van der Waals surface area (Å²) < 4.78 is 11.2. The van der Waals surface area contributed by atoms with Gasteiger partial charge in [0.15, 0.2) is 11.5 Å². The molecule has 5 heteroatoms. The fourth-order valence-corrected chi connectivity index (χ4v) is 2.16. The van der Waals surface area contributed by atoms with E-state index in [9.17, 15) is 4.79 Å². The van der Waals surface area contributed by atoms with Gasteiger partial charge in [0, 0.05) is 13.0 Å². The van der Waals surface area contributed by atoms with Gasteiger partial charge in [-0.1, -0.05) is 19.4 Å². The van der Waals surface area contributed by atoms with Crippen LogP contribution in [0, 0.1) is 0 Å². The van der Waals surface area contributed by atoms with E-state index in [1.807, 2.05) is 25.1 Å². The van der Waals surface area contributed by atoms with E-state index in [4.69, 9.17) is 14.6 Å². The molecule has 0 aromatic heterocycles. The molecule has 2 N–H and O–H groups in total. The number of aliphatic carboxylic acids is 1. The van der Waals surface area contributed by atoms with Gasteiger partial charge in [0.1, 0.15) is 6.04 Å². The maximum atomic E-state index is 11.1. The van der Waals surface area contributed by atoms with Crippen LogP contribution in [0.1, 0.15) is 31.7 Å². The van der Waals surface area contributed by atoms with Crippen LogP contribution in [0.4, 0.5) is 0 Å². The van der Waals surface area contributed by atoms with Crippen LogP contribution in [-0.2, 0) is 11.3 Å². The average molecular weight is 279 g/mol. The second-order valence-electron chi connectivity index (χ2n) is 4.89. The summed E-state index contributed by atoms with van der Waals surface area (Å²) in [5, 5.41) is 12.2. The number of rotatable bonds is 6. The maximum Gasteiger partial charge on any atom is 0.320 e. The molecule has 5 nitrogen and oxygen atoms in total. The van der Waals surface area contributed by atoms with Crippen molar-refractivity contribution in [3.63, 3.8) is 0 Å². The molecule has 0 saturated carbocycles. The Hall–Kier alpha value is -1.75. The van der Waals surface area contributed by atoms with Crippen molar-refractivity contribution >= 4 is 5.97 Å². The van der Waals surface area contributed by atoms with Crippen molar-refractivity contribution in [1.82, 2.24) is 5.32 Å². The first kappa shape index (κ1) is 14.7. The first-order valence-electron chi connectivity index (χ1n) is 7.05. The molecule has 0 spiro atoms. The van der Waals surface area contributed by atoms with Crippen molar-refractivity contribution in [2.45, 2.75) is 38.8 Å². The molecule has 1 aliphatic heterocycles. The van der Waals surface area contributed by atoms with Crippen LogP contribution in [0.5, 0.6) is 11.5 Å². The minimum atomic E-state index is -0.804. The van der Waals surface area contributed by atoms with Crippen LogP contribution >= 0.6 is 0 Å². The monoisotopic (exact) mass is 279 g/mol. The van der Waals surface area contributed by atoms with Gasteiger partial charge in [-0.25, -0.2) is 0 Å². The molecule has 1 unspecified atom stereocenters. The molecule has 20 heavy (non-hydrogen) atoms. The zero-order valence-corrected chi connectivity index (χ0v) is 11.7. The lowest BCUT2D eigenvalue weighted by Gasteiger charge is -2.14. The first-order valence-corrected chi connectivity index (χ1v) is 7.05. The van der Waals surface area contributed by atoms with E-state index in [1.165, 1.54) is 0 Å². The van der Waals surface area contributed by atoms with Gasteiger partial charge in [-0.15, -0.1) is 0 Å². The molecule has 0 aliphatic carbocycles. The maximum absolute atomic E-state index is 11.1. The van der Waals surface area contributed by atoms with E-state index in [1.54, 1.807) is 0 Å². The van der Waals surface area contributed by atoms with Crippen molar-refractivity contribution in [2.75, 3.05) is 13.2 Å². The Morgan fingerprint density at radius 2 is 2.10 bits per heavy atom. The summed E-state index contributed by atoms with van der Waals surface area (Å²) in [6.07, 6.45) is 2.34. The van der Waals surface area contributed by atoms with Gasteiger partial charge in [-0.3, -0.25) is 4.79 Å². The zero-order chi connectivity index (χ0) is 14.4. The molecule has 0 saturated heterocycles. The molecule has 0 bridgehead atoms. The molecule has 0 amide bonds. The molecular weight excluding hydrogens is 258 g/mol. The van der Waals surface area contributed by atoms with Crippen LogP contribution in [0.15, 0.2) is 18.2 Å². The van der Waals surface area contributed by atoms with Gasteiger partial charge in [-0.05, 0) is 24.1 Å². The van der Waals surface area contributed by atoms with Crippen LogP contribution < -0.4 is 14.8 Å². The topological polar surface area (TPSA) is 67.8 Å². The molecule has 1 atom stereocenters. The average Bonchev–Trinajstić information content (AvgIpc) is 2.67. The second-order valence-corrected chi connectivity index (χ2v) is 4.89. The number of fused-ring (bicyclic) bond motifs is 1. The lowest BCUT2D eigenvalue weighted by molar-refractivity contribution is -0.139. The van der Waals surface area contributed by atoms with E-state index >= 15 is 0 Å². The number of carbonyl (C=O) groups is 1. The molecule has 0 radical (unpaired) electrons. The number of ether oxygens (including phenoxy) is 2. The smallest absolute Gasteiger partial charge is 0.320 e. The molecule has 1 aromatic rings. The standard InChI is InChI=1S/C15H21NO4/c1-2-4-12(15(17)18)16-10-11-5-6-13-14(9-11)20-8-3-7-19-13/h5-6,9,12,16H,2-4,7-8,10H2,1H3,(H,17,18). The van der Waals surface area contributed by atoms with Gasteiger partial charge in [0.2, 0.25) is 0 Å². The number of nitrogens with one attached hydrogen (secondary N) is 1. The van der Waals surface area contributed by atoms with Crippen molar-refractivity contribution in [1.29, 1.82) is 0 Å². The molecule has 1 aliphatic rings. The third-order valence-corrected chi connectivity index (χ3v) is 3.24. The first-order chi connectivity index (χ1) is 9.70. The number of carboxylic acid groups (broad SMARTS) is 1. The summed E-state index contributed by atoms with van der Waals surface area (Å²) >= 11 is 0. The van der Waals surface area contributed by atoms with E-state index in [0.29, 0.717) is 26.2 Å². The zero-order valence-electron chi connectivity index (χ0n) is 11.7. The predicted octanol–water partition coefficient (Wildman–Crippen LogP) is 2.19. The fraction of sp³-hybridized carbons (Fsp3) is 0.533. The SMILES string of the molecule is CCCC(NCc1ccc2c(c1)OCCCO2)C(=O)O. The largest absolute Gasteiger partial charge is 0.490 e. The highest BCUT2D eigenvalue weighted by Crippen LogP contribution is 2.30. The van der Waals surface area contributed by atoms with E-state index in [0.717, 1.165) is 29.9 Å². The minimum Gasteiger partial charge on any atom is -0.490 e. The molecule has 110 valence electrons. The highest BCUT2D eigenvalue weighted by Gasteiger charge is 2.16. The van der Waals surface area contributed by atoms with Crippen molar-refractivity contribution in [3.05, 3.63) is 23.8 Å². The minimum absolute atomic E-state index is 0.504. The van der Waals surface area contributed by atoms with Crippen LogP contribution in [-0.4, -0.2) is 30.3 Å². The Labute approximate surface area is 118 Å². The van der Waals surface area contributed by atoms with Gasteiger partial charge >= 0.3 is 5.97 Å². The summed E-state index contributed by atoms with van der Waals surface area (Å²) in [5.74, 6) is 0.694. The van der Waals surface area contributed by atoms with Crippen molar-refractivity contribution in [2.24, 2.45) is 0 Å². The number of hydrogen-bond acceptors (Lipinski definition) is 4. The second kappa shape index (κ2) is 7.14. The van der Waals surface area contributed by atoms with E-state index in [2.05, 4.69) is 5.32 Å². The number of benzene rings is 1. The van der Waals surface area contributed by atoms with Gasteiger partial charge < -0.3 is 19.9 Å². The number of hydrogen-bond donors (Lipinski definition) is 2. The lowest BCUT2D eigenvalue weighted by Crippen LogP contribution is -2.35. The molecule has 1 heterocycles. The molecule has 2 rings (SSSR count). The van der Waals surface area contributed by atoms with Crippen molar-refractivity contribution in [3.8, 4) is 11.5 Å². The van der Waals surface area contributed by atoms with Crippen LogP contribution in [0.2, 0.25) is 0 Å². The quantitative estimate of drug-likeness (QED) is 0.835. The summed E-state index contributed by atoms with van der Waals surface area (Å²) in [5.41, 5.74) is 0.997. The highest BCUT2D eigenvalue weighted by molar-refractivity contribution is 5.73. The lowest BCUT2D eigenvalue weighted by atomic mass is 10.1. The summed E-state index contributed by atoms with van der Waals surface area (Å²) in [7, 11) is 0.